The summed E-state index contributed by atoms with van der Waals surface area (Å²) in [6, 6.07) is 11.3. The molecule has 2 nitrogen and oxygen atoms in total. The van der Waals surface area contributed by atoms with Crippen LogP contribution >= 0.6 is 0 Å². The predicted octanol–water partition coefficient (Wildman–Crippen LogP) is 3.93. The topological polar surface area (TPSA) is 21.3 Å². The van der Waals surface area contributed by atoms with Crippen LogP contribution in [0.15, 0.2) is 30.3 Å². The zero-order valence-corrected chi connectivity index (χ0v) is 12.3. The highest BCUT2D eigenvalue weighted by Crippen LogP contribution is 2.27. The molecule has 0 amide bonds. The van der Waals surface area contributed by atoms with Crippen molar-refractivity contribution >= 4 is 0 Å². The Balaban J connectivity index is 2.01. The van der Waals surface area contributed by atoms with E-state index < -0.39 is 0 Å². The lowest BCUT2D eigenvalue weighted by Gasteiger charge is -2.28. The molecule has 0 aromatic heterocycles. The Morgan fingerprint density at radius 3 is 2.53 bits per heavy atom. The predicted molar refractivity (Wildman–Crippen MR) is 80.2 cm³/mol. The minimum absolute atomic E-state index is 0.417. The van der Waals surface area contributed by atoms with Gasteiger partial charge in [0.2, 0.25) is 0 Å². The Morgan fingerprint density at radius 1 is 1.21 bits per heavy atom. The Morgan fingerprint density at radius 2 is 1.95 bits per heavy atom. The third-order valence-corrected chi connectivity index (χ3v) is 4.27. The van der Waals surface area contributed by atoms with E-state index in [1.807, 2.05) is 0 Å². The van der Waals surface area contributed by atoms with E-state index in [0.29, 0.717) is 18.1 Å². The van der Waals surface area contributed by atoms with E-state index in [1.165, 1.54) is 31.2 Å². The molecule has 1 fully saturated rings. The smallest absolute Gasteiger partial charge is 0.0700 e. The number of hydrogen-bond acceptors (Lipinski definition) is 2. The minimum Gasteiger partial charge on any atom is -0.377 e. The quantitative estimate of drug-likeness (QED) is 0.803. The monoisotopic (exact) mass is 261 g/mol. The fraction of sp³-hybridized carbons (Fsp3) is 0.647. The zero-order valence-electron chi connectivity index (χ0n) is 12.3. The SMILES string of the molecule is CCC(CC)C(NCC1CCCO1)c1ccccc1. The second-order valence-electron chi connectivity index (χ2n) is 5.51. The minimum atomic E-state index is 0.417. The molecule has 0 radical (unpaired) electrons. The van der Waals surface area contributed by atoms with Crippen molar-refractivity contribution in [2.75, 3.05) is 13.2 Å². The first-order chi connectivity index (χ1) is 9.35. The summed E-state index contributed by atoms with van der Waals surface area (Å²) in [5.74, 6) is 0.698. The maximum absolute atomic E-state index is 5.72. The summed E-state index contributed by atoms with van der Waals surface area (Å²) >= 11 is 0. The zero-order chi connectivity index (χ0) is 13.5. The van der Waals surface area contributed by atoms with Gasteiger partial charge in [0, 0.05) is 19.2 Å². The van der Waals surface area contributed by atoms with E-state index in [4.69, 9.17) is 4.74 Å². The van der Waals surface area contributed by atoms with E-state index in [2.05, 4.69) is 49.5 Å². The molecule has 1 aromatic carbocycles. The van der Waals surface area contributed by atoms with Crippen molar-refractivity contribution < 1.29 is 4.74 Å². The molecule has 1 aliphatic rings. The molecule has 2 unspecified atom stereocenters. The van der Waals surface area contributed by atoms with E-state index in [-0.39, 0.29) is 0 Å². The summed E-state index contributed by atoms with van der Waals surface area (Å²) < 4.78 is 5.72. The lowest BCUT2D eigenvalue weighted by atomic mass is 9.88. The number of ether oxygens (including phenoxy) is 1. The Hall–Kier alpha value is -0.860. The van der Waals surface area contributed by atoms with Gasteiger partial charge in [0.1, 0.15) is 0 Å². The summed E-state index contributed by atoms with van der Waals surface area (Å²) in [6.45, 7) is 6.50. The summed E-state index contributed by atoms with van der Waals surface area (Å²) in [5.41, 5.74) is 1.41. The van der Waals surface area contributed by atoms with Crippen molar-refractivity contribution in [3.8, 4) is 0 Å². The summed E-state index contributed by atoms with van der Waals surface area (Å²) in [4.78, 5) is 0. The van der Waals surface area contributed by atoms with Gasteiger partial charge in [-0.1, -0.05) is 57.0 Å². The molecule has 1 saturated heterocycles. The van der Waals surface area contributed by atoms with Crippen LogP contribution in [0.25, 0.3) is 0 Å². The molecule has 2 rings (SSSR count). The largest absolute Gasteiger partial charge is 0.377 e. The molecule has 1 N–H and O–H groups in total. The first-order valence-electron chi connectivity index (χ1n) is 7.75. The molecule has 2 atom stereocenters. The van der Waals surface area contributed by atoms with Crippen LogP contribution < -0.4 is 5.32 Å². The van der Waals surface area contributed by atoms with Crippen LogP contribution in [0, 0.1) is 5.92 Å². The molecule has 1 heterocycles. The van der Waals surface area contributed by atoms with Crippen molar-refractivity contribution in [3.63, 3.8) is 0 Å². The van der Waals surface area contributed by atoms with Gasteiger partial charge in [-0.25, -0.2) is 0 Å². The molecule has 2 heteroatoms. The third-order valence-electron chi connectivity index (χ3n) is 4.27. The molecular formula is C17H27NO. The van der Waals surface area contributed by atoms with Gasteiger partial charge in [-0.3, -0.25) is 0 Å². The molecule has 1 aromatic rings. The van der Waals surface area contributed by atoms with Crippen molar-refractivity contribution in [2.45, 2.75) is 51.7 Å². The second kappa shape index (κ2) is 7.66. The van der Waals surface area contributed by atoms with Crippen molar-refractivity contribution in [3.05, 3.63) is 35.9 Å². The van der Waals surface area contributed by atoms with Gasteiger partial charge in [-0.15, -0.1) is 0 Å². The van der Waals surface area contributed by atoms with E-state index >= 15 is 0 Å². The number of hydrogen-bond donors (Lipinski definition) is 1. The molecule has 1 aliphatic heterocycles. The van der Waals surface area contributed by atoms with Gasteiger partial charge in [-0.05, 0) is 24.3 Å². The fourth-order valence-electron chi connectivity index (χ4n) is 3.04. The first kappa shape index (κ1) is 14.5. The van der Waals surface area contributed by atoms with Crippen LogP contribution in [0.2, 0.25) is 0 Å². The van der Waals surface area contributed by atoms with Gasteiger partial charge in [0.25, 0.3) is 0 Å². The molecule has 0 spiro atoms. The Kier molecular flexibility index (Phi) is 5.87. The Bertz CT molecular complexity index is 342. The summed E-state index contributed by atoms with van der Waals surface area (Å²) in [5, 5.41) is 3.75. The highest BCUT2D eigenvalue weighted by atomic mass is 16.5. The van der Waals surface area contributed by atoms with E-state index in [1.54, 1.807) is 0 Å². The van der Waals surface area contributed by atoms with Crippen molar-refractivity contribution in [1.82, 2.24) is 5.32 Å². The molecule has 0 aliphatic carbocycles. The molecule has 0 saturated carbocycles. The van der Waals surface area contributed by atoms with Crippen LogP contribution in [0.3, 0.4) is 0 Å². The average molecular weight is 261 g/mol. The molecule has 106 valence electrons. The maximum Gasteiger partial charge on any atom is 0.0700 e. The van der Waals surface area contributed by atoms with Crippen LogP contribution in [0.1, 0.15) is 51.1 Å². The lowest BCUT2D eigenvalue weighted by molar-refractivity contribution is 0.104. The number of benzene rings is 1. The van der Waals surface area contributed by atoms with Gasteiger partial charge in [0.15, 0.2) is 0 Å². The second-order valence-corrected chi connectivity index (χ2v) is 5.51. The third kappa shape index (κ3) is 4.05. The van der Waals surface area contributed by atoms with Crippen molar-refractivity contribution in [2.24, 2.45) is 5.92 Å². The number of nitrogens with one attached hydrogen (secondary N) is 1. The normalized spacial score (nSPS) is 20.9. The highest BCUT2D eigenvalue weighted by Gasteiger charge is 2.22. The molecule has 0 bridgehead atoms. The maximum atomic E-state index is 5.72. The van der Waals surface area contributed by atoms with Crippen molar-refractivity contribution in [1.29, 1.82) is 0 Å². The van der Waals surface area contributed by atoms with Gasteiger partial charge < -0.3 is 10.1 Å². The molecular weight excluding hydrogens is 234 g/mol. The average Bonchev–Trinajstić information content (AvgIpc) is 2.97. The Labute approximate surface area is 117 Å². The fourth-order valence-corrected chi connectivity index (χ4v) is 3.04. The highest BCUT2D eigenvalue weighted by molar-refractivity contribution is 5.19. The van der Waals surface area contributed by atoms with E-state index in [9.17, 15) is 0 Å². The van der Waals surface area contributed by atoms with Crippen LogP contribution in [0.5, 0.6) is 0 Å². The lowest BCUT2D eigenvalue weighted by Crippen LogP contribution is -2.34. The van der Waals surface area contributed by atoms with Gasteiger partial charge >= 0.3 is 0 Å². The standard InChI is InChI=1S/C17H27NO/c1-3-14(4-2)17(15-9-6-5-7-10-15)18-13-16-11-8-12-19-16/h5-7,9-10,14,16-18H,3-4,8,11-13H2,1-2H3. The van der Waals surface area contributed by atoms with Gasteiger partial charge in [-0.2, -0.15) is 0 Å². The van der Waals surface area contributed by atoms with Crippen LogP contribution in [-0.2, 0) is 4.74 Å². The van der Waals surface area contributed by atoms with E-state index in [0.717, 1.165) is 13.2 Å². The summed E-state index contributed by atoms with van der Waals surface area (Å²) in [7, 11) is 0. The molecule has 19 heavy (non-hydrogen) atoms. The number of rotatable bonds is 7. The van der Waals surface area contributed by atoms with Gasteiger partial charge in [0.05, 0.1) is 6.10 Å². The van der Waals surface area contributed by atoms with Crippen LogP contribution in [0.4, 0.5) is 0 Å². The first-order valence-corrected chi connectivity index (χ1v) is 7.75. The van der Waals surface area contributed by atoms with Crippen LogP contribution in [-0.4, -0.2) is 19.3 Å². The summed E-state index contributed by atoms with van der Waals surface area (Å²) in [6.07, 6.45) is 5.27.